The summed E-state index contributed by atoms with van der Waals surface area (Å²) in [5.74, 6) is 0.735. The fourth-order valence-corrected chi connectivity index (χ4v) is 4.54. The van der Waals surface area contributed by atoms with Gasteiger partial charge in [0.05, 0.1) is 11.4 Å². The van der Waals surface area contributed by atoms with Crippen LogP contribution in [0.25, 0.3) is 11.1 Å². The minimum absolute atomic E-state index is 0.675. The summed E-state index contributed by atoms with van der Waals surface area (Å²) in [6.45, 7) is 6.45. The highest BCUT2D eigenvalue weighted by atomic mass is 16.3. The van der Waals surface area contributed by atoms with Crippen LogP contribution in [0.1, 0.15) is 37.1 Å². The molecular weight excluding hydrogens is 312 g/mol. The molecule has 0 saturated carbocycles. The molecule has 0 unspecified atom stereocenters. The van der Waals surface area contributed by atoms with Gasteiger partial charge in [-0.3, -0.25) is 9.89 Å². The Kier molecular flexibility index (Phi) is 3.63. The zero-order valence-corrected chi connectivity index (χ0v) is 14.7. The SMILES string of the molecule is Cc1nc2ccc(C3=NC=CCC3)c(N3CCN4CCC[C@H]4C3)c2o1. The number of anilines is 1. The van der Waals surface area contributed by atoms with Gasteiger partial charge in [-0.2, -0.15) is 0 Å². The summed E-state index contributed by atoms with van der Waals surface area (Å²) in [6.07, 6.45) is 8.76. The molecular formula is C20H24N4O. The third kappa shape index (κ3) is 2.58. The third-order valence-corrected chi connectivity index (χ3v) is 5.74. The molecule has 0 radical (unpaired) electrons. The first-order valence-electron chi connectivity index (χ1n) is 9.41. The molecule has 1 aromatic carbocycles. The molecule has 0 amide bonds. The van der Waals surface area contributed by atoms with Crippen LogP contribution in [-0.2, 0) is 0 Å². The maximum Gasteiger partial charge on any atom is 0.192 e. The lowest BCUT2D eigenvalue weighted by Gasteiger charge is -2.39. The zero-order valence-electron chi connectivity index (χ0n) is 14.7. The Balaban J connectivity index is 1.63. The van der Waals surface area contributed by atoms with Gasteiger partial charge >= 0.3 is 0 Å². The van der Waals surface area contributed by atoms with E-state index in [0.29, 0.717) is 6.04 Å². The average molecular weight is 336 g/mol. The number of oxazole rings is 1. The molecule has 1 atom stereocenters. The number of allylic oxidation sites excluding steroid dienone is 1. The van der Waals surface area contributed by atoms with Gasteiger partial charge in [-0.25, -0.2) is 4.98 Å². The number of benzene rings is 1. The number of hydrogen-bond acceptors (Lipinski definition) is 5. The topological polar surface area (TPSA) is 44.9 Å². The van der Waals surface area contributed by atoms with Crippen molar-refractivity contribution in [3.8, 4) is 0 Å². The molecule has 25 heavy (non-hydrogen) atoms. The lowest BCUT2D eigenvalue weighted by atomic mass is 9.99. The number of hydrogen-bond donors (Lipinski definition) is 0. The summed E-state index contributed by atoms with van der Waals surface area (Å²) in [5, 5.41) is 0. The van der Waals surface area contributed by atoms with Crippen molar-refractivity contribution in [3.63, 3.8) is 0 Å². The van der Waals surface area contributed by atoms with Crippen LogP contribution in [0.4, 0.5) is 5.69 Å². The minimum Gasteiger partial charge on any atom is -0.439 e. The van der Waals surface area contributed by atoms with E-state index in [1.54, 1.807) is 0 Å². The predicted molar refractivity (Wildman–Crippen MR) is 100 cm³/mol. The Morgan fingerprint density at radius 1 is 1.20 bits per heavy atom. The second-order valence-corrected chi connectivity index (χ2v) is 7.32. The molecule has 5 nitrogen and oxygen atoms in total. The Hall–Kier alpha value is -2.14. The summed E-state index contributed by atoms with van der Waals surface area (Å²) in [5.41, 5.74) is 5.48. The van der Waals surface area contributed by atoms with Gasteiger partial charge in [0.25, 0.3) is 0 Å². The van der Waals surface area contributed by atoms with Crippen LogP contribution in [0, 0.1) is 6.92 Å². The largest absolute Gasteiger partial charge is 0.439 e. The van der Waals surface area contributed by atoms with Gasteiger partial charge in [0, 0.05) is 44.4 Å². The Bertz CT molecular complexity index is 866. The van der Waals surface area contributed by atoms with E-state index in [2.05, 4.69) is 38.0 Å². The van der Waals surface area contributed by atoms with Crippen LogP contribution in [0.5, 0.6) is 0 Å². The van der Waals surface area contributed by atoms with Crippen LogP contribution >= 0.6 is 0 Å². The molecule has 5 rings (SSSR count). The van der Waals surface area contributed by atoms with Crippen molar-refractivity contribution in [2.24, 2.45) is 4.99 Å². The Morgan fingerprint density at radius 2 is 2.16 bits per heavy atom. The predicted octanol–water partition coefficient (Wildman–Crippen LogP) is 3.52. The van der Waals surface area contributed by atoms with Crippen molar-refractivity contribution < 1.29 is 4.42 Å². The first kappa shape index (κ1) is 15.1. The molecule has 5 heteroatoms. The van der Waals surface area contributed by atoms with E-state index in [-0.39, 0.29) is 0 Å². The monoisotopic (exact) mass is 336 g/mol. The highest BCUT2D eigenvalue weighted by Crippen LogP contribution is 2.36. The summed E-state index contributed by atoms with van der Waals surface area (Å²) in [7, 11) is 0. The number of aromatic nitrogens is 1. The molecule has 1 aromatic heterocycles. The summed E-state index contributed by atoms with van der Waals surface area (Å²) in [4.78, 5) is 14.4. The van der Waals surface area contributed by atoms with Crippen molar-refractivity contribution in [2.45, 2.75) is 38.6 Å². The van der Waals surface area contributed by atoms with Gasteiger partial charge in [-0.05, 0) is 44.4 Å². The second-order valence-electron chi connectivity index (χ2n) is 7.32. The van der Waals surface area contributed by atoms with Gasteiger partial charge in [-0.15, -0.1) is 0 Å². The van der Waals surface area contributed by atoms with Crippen molar-refractivity contribution in [2.75, 3.05) is 31.1 Å². The maximum atomic E-state index is 6.06. The molecule has 0 aliphatic carbocycles. The maximum absolute atomic E-state index is 6.06. The first-order chi connectivity index (χ1) is 12.3. The van der Waals surface area contributed by atoms with Gasteiger partial charge in [0.1, 0.15) is 5.52 Å². The Morgan fingerprint density at radius 3 is 3.04 bits per heavy atom. The van der Waals surface area contributed by atoms with E-state index in [1.165, 1.54) is 36.3 Å². The Labute approximate surface area is 148 Å². The van der Waals surface area contributed by atoms with Crippen LogP contribution in [0.2, 0.25) is 0 Å². The lowest BCUT2D eigenvalue weighted by molar-refractivity contribution is 0.231. The van der Waals surface area contributed by atoms with Crippen LogP contribution < -0.4 is 4.90 Å². The van der Waals surface area contributed by atoms with Gasteiger partial charge in [-0.1, -0.05) is 6.08 Å². The minimum atomic E-state index is 0.675. The number of piperazine rings is 1. The smallest absolute Gasteiger partial charge is 0.192 e. The second kappa shape index (κ2) is 5.99. The first-order valence-corrected chi connectivity index (χ1v) is 9.41. The molecule has 2 aromatic rings. The number of fused-ring (bicyclic) bond motifs is 2. The molecule has 3 aliphatic heterocycles. The highest BCUT2D eigenvalue weighted by Gasteiger charge is 2.33. The van der Waals surface area contributed by atoms with Crippen molar-refractivity contribution >= 4 is 22.5 Å². The summed E-state index contributed by atoms with van der Waals surface area (Å²) >= 11 is 0. The average Bonchev–Trinajstić information content (AvgIpc) is 3.26. The van der Waals surface area contributed by atoms with E-state index in [0.717, 1.165) is 49.5 Å². The van der Waals surface area contributed by atoms with Gasteiger partial charge < -0.3 is 9.32 Å². The van der Waals surface area contributed by atoms with Gasteiger partial charge in [0.15, 0.2) is 11.5 Å². The van der Waals surface area contributed by atoms with Crippen LogP contribution in [-0.4, -0.2) is 47.8 Å². The van der Waals surface area contributed by atoms with E-state index >= 15 is 0 Å². The van der Waals surface area contributed by atoms with Crippen molar-refractivity contribution in [1.82, 2.24) is 9.88 Å². The fraction of sp³-hybridized carbons (Fsp3) is 0.500. The molecule has 130 valence electrons. The molecule has 0 bridgehead atoms. The number of nitrogens with zero attached hydrogens (tertiary/aromatic N) is 4. The number of aliphatic imine (C=N–C) groups is 1. The lowest BCUT2D eigenvalue weighted by Crippen LogP contribution is -2.50. The summed E-state index contributed by atoms with van der Waals surface area (Å²) < 4.78 is 6.06. The fourth-order valence-electron chi connectivity index (χ4n) is 4.54. The number of aryl methyl sites for hydroxylation is 1. The molecule has 0 N–H and O–H groups in total. The van der Waals surface area contributed by atoms with Crippen LogP contribution in [0.15, 0.2) is 33.8 Å². The van der Waals surface area contributed by atoms with E-state index < -0.39 is 0 Å². The van der Waals surface area contributed by atoms with E-state index in [9.17, 15) is 0 Å². The molecule has 0 spiro atoms. The van der Waals surface area contributed by atoms with Crippen LogP contribution in [0.3, 0.4) is 0 Å². The number of rotatable bonds is 2. The quantitative estimate of drug-likeness (QED) is 0.842. The molecule has 2 saturated heterocycles. The third-order valence-electron chi connectivity index (χ3n) is 5.74. The van der Waals surface area contributed by atoms with E-state index in [4.69, 9.17) is 4.42 Å². The molecule has 2 fully saturated rings. The van der Waals surface area contributed by atoms with Gasteiger partial charge in [0.2, 0.25) is 0 Å². The zero-order chi connectivity index (χ0) is 16.8. The van der Waals surface area contributed by atoms with Crippen molar-refractivity contribution in [3.05, 3.63) is 35.9 Å². The standard InChI is InChI=1S/C20H24N4O/c1-14-22-18-8-7-16(17-6-2-3-9-21-17)19(20(18)25-14)24-12-11-23-10-4-5-15(23)13-24/h3,7-9,15H,2,4-6,10-13H2,1H3/t15-/m0/s1. The molecule has 3 aliphatic rings. The normalized spacial score (nSPS) is 24.0. The van der Waals surface area contributed by atoms with E-state index in [1.807, 2.05) is 13.1 Å². The highest BCUT2D eigenvalue weighted by molar-refractivity contribution is 6.10. The summed E-state index contributed by atoms with van der Waals surface area (Å²) in [6, 6.07) is 4.95. The molecule has 4 heterocycles. The van der Waals surface area contributed by atoms with Crippen molar-refractivity contribution in [1.29, 1.82) is 0 Å².